The maximum Gasteiger partial charge on any atom is 0.358 e. The molecule has 1 aromatic heterocycles. The van der Waals surface area contributed by atoms with Gasteiger partial charge in [-0.1, -0.05) is 33.6 Å². The van der Waals surface area contributed by atoms with Crippen LogP contribution >= 0.6 is 27.3 Å². The molecule has 3 aromatic rings. The van der Waals surface area contributed by atoms with Gasteiger partial charge in [0.05, 0.1) is 0 Å². The van der Waals surface area contributed by atoms with E-state index in [1.165, 1.54) is 18.3 Å². The third kappa shape index (κ3) is 6.13. The van der Waals surface area contributed by atoms with Crippen LogP contribution in [0, 0.1) is 6.92 Å². The number of amides is 1. The highest BCUT2D eigenvalue weighted by Crippen LogP contribution is 2.18. The Hall–Kier alpha value is -2.71. The fourth-order valence-corrected chi connectivity index (χ4v) is 3.24. The molecule has 0 aliphatic rings. The Labute approximate surface area is 181 Å². The van der Waals surface area contributed by atoms with Crippen LogP contribution in [0.1, 0.15) is 28.0 Å². The van der Waals surface area contributed by atoms with Gasteiger partial charge in [0.2, 0.25) is 0 Å². The number of aromatic nitrogens is 1. The van der Waals surface area contributed by atoms with E-state index in [2.05, 4.69) is 26.2 Å². The van der Waals surface area contributed by atoms with Crippen molar-refractivity contribution in [2.75, 3.05) is 5.32 Å². The number of aryl methyl sites for hydroxylation is 1. The number of ether oxygens (including phenoxy) is 2. The van der Waals surface area contributed by atoms with E-state index in [1.807, 2.05) is 43.3 Å². The normalized spacial score (nSPS) is 11.6. The van der Waals surface area contributed by atoms with Gasteiger partial charge in [0.1, 0.15) is 17.4 Å². The molecule has 0 fully saturated rings. The molecule has 0 aliphatic carbocycles. The predicted molar refractivity (Wildman–Crippen MR) is 115 cm³/mol. The first-order valence-corrected chi connectivity index (χ1v) is 10.5. The van der Waals surface area contributed by atoms with E-state index < -0.39 is 18.0 Å². The number of hydrogen-bond acceptors (Lipinski definition) is 6. The van der Waals surface area contributed by atoms with E-state index in [0.29, 0.717) is 10.7 Å². The number of carbonyl (C=O) groups is 2. The zero-order valence-electron chi connectivity index (χ0n) is 15.8. The summed E-state index contributed by atoms with van der Waals surface area (Å²) in [5.74, 6) is -0.340. The van der Waals surface area contributed by atoms with E-state index in [4.69, 9.17) is 9.47 Å². The van der Waals surface area contributed by atoms with Crippen LogP contribution in [0.4, 0.5) is 5.69 Å². The fraction of sp³-hybridized carbons (Fsp3) is 0.190. The van der Waals surface area contributed by atoms with E-state index in [9.17, 15) is 9.59 Å². The average Bonchev–Trinajstić information content (AvgIpc) is 3.18. The lowest BCUT2D eigenvalue weighted by molar-refractivity contribution is -0.123. The fourth-order valence-electron chi connectivity index (χ4n) is 2.30. The van der Waals surface area contributed by atoms with Crippen molar-refractivity contribution in [3.63, 3.8) is 0 Å². The summed E-state index contributed by atoms with van der Waals surface area (Å²) in [7, 11) is 0. The monoisotopic (exact) mass is 474 g/mol. The summed E-state index contributed by atoms with van der Waals surface area (Å²) in [5.41, 5.74) is 1.92. The Kier molecular flexibility index (Phi) is 7.00. The molecule has 6 nitrogen and oxygen atoms in total. The number of thiazole rings is 1. The molecule has 0 bridgehead atoms. The highest BCUT2D eigenvalue weighted by molar-refractivity contribution is 9.10. The number of benzene rings is 2. The van der Waals surface area contributed by atoms with Gasteiger partial charge in [-0.05, 0) is 50.2 Å². The second-order valence-electron chi connectivity index (χ2n) is 6.27. The number of nitrogens with zero attached hydrogens (tertiary/aromatic N) is 1. The third-order valence-electron chi connectivity index (χ3n) is 3.91. The number of carbonyl (C=O) groups excluding carboxylic acids is 2. The summed E-state index contributed by atoms with van der Waals surface area (Å²) < 4.78 is 11.8. The number of rotatable bonds is 7. The first-order valence-electron chi connectivity index (χ1n) is 8.82. The SMILES string of the molecule is Cc1ccc(OCc2nc(C(=O)OC(C)C(=O)Nc3ccc(Br)cc3)cs2)cc1. The lowest BCUT2D eigenvalue weighted by Crippen LogP contribution is -2.30. The third-order valence-corrected chi connectivity index (χ3v) is 5.26. The molecule has 150 valence electrons. The lowest BCUT2D eigenvalue weighted by Gasteiger charge is -2.12. The Morgan fingerprint density at radius 1 is 1.14 bits per heavy atom. The minimum atomic E-state index is -0.958. The summed E-state index contributed by atoms with van der Waals surface area (Å²) in [4.78, 5) is 28.7. The smallest absolute Gasteiger partial charge is 0.358 e. The Balaban J connectivity index is 1.51. The van der Waals surface area contributed by atoms with Crippen LogP contribution in [0.25, 0.3) is 0 Å². The predicted octanol–water partition coefficient (Wildman–Crippen LogP) is 4.98. The second-order valence-corrected chi connectivity index (χ2v) is 8.13. The molecular formula is C21H19BrN2O4S. The van der Waals surface area contributed by atoms with Crippen molar-refractivity contribution in [3.05, 3.63) is 74.6 Å². The molecular weight excluding hydrogens is 456 g/mol. The zero-order valence-corrected chi connectivity index (χ0v) is 18.2. The molecule has 29 heavy (non-hydrogen) atoms. The van der Waals surface area contributed by atoms with Crippen molar-refractivity contribution < 1.29 is 19.1 Å². The topological polar surface area (TPSA) is 77.5 Å². The van der Waals surface area contributed by atoms with Gasteiger partial charge in [0.15, 0.2) is 11.8 Å². The molecule has 1 heterocycles. The number of nitrogens with one attached hydrogen (secondary N) is 1. The minimum absolute atomic E-state index is 0.154. The van der Waals surface area contributed by atoms with Crippen molar-refractivity contribution in [3.8, 4) is 5.75 Å². The Morgan fingerprint density at radius 3 is 2.52 bits per heavy atom. The van der Waals surface area contributed by atoms with Gasteiger partial charge in [-0.2, -0.15) is 0 Å². The van der Waals surface area contributed by atoms with Crippen LogP contribution < -0.4 is 10.1 Å². The molecule has 1 amide bonds. The number of halogens is 1. The van der Waals surface area contributed by atoms with E-state index >= 15 is 0 Å². The zero-order chi connectivity index (χ0) is 20.8. The van der Waals surface area contributed by atoms with Crippen LogP contribution in [0.3, 0.4) is 0 Å². The van der Waals surface area contributed by atoms with Gasteiger partial charge in [-0.25, -0.2) is 9.78 Å². The molecule has 0 saturated heterocycles. The van der Waals surface area contributed by atoms with Gasteiger partial charge in [-0.15, -0.1) is 11.3 Å². The van der Waals surface area contributed by atoms with E-state index in [0.717, 1.165) is 15.8 Å². The largest absolute Gasteiger partial charge is 0.486 e. The molecule has 0 aliphatic heterocycles. The quantitative estimate of drug-likeness (QED) is 0.488. The van der Waals surface area contributed by atoms with Crippen molar-refractivity contribution in [1.29, 1.82) is 0 Å². The number of esters is 1. The lowest BCUT2D eigenvalue weighted by atomic mass is 10.2. The highest BCUT2D eigenvalue weighted by atomic mass is 79.9. The van der Waals surface area contributed by atoms with Crippen LogP contribution in [0.15, 0.2) is 58.4 Å². The molecule has 1 N–H and O–H groups in total. The molecule has 0 radical (unpaired) electrons. The standard InChI is InChI=1S/C21H19BrN2O4S/c1-13-3-9-17(10-4-13)27-11-19-24-18(12-29-19)21(26)28-14(2)20(25)23-16-7-5-15(22)6-8-16/h3-10,12,14H,11H2,1-2H3,(H,23,25). The molecule has 8 heteroatoms. The van der Waals surface area contributed by atoms with Gasteiger partial charge in [0.25, 0.3) is 5.91 Å². The summed E-state index contributed by atoms with van der Waals surface area (Å²) in [6, 6.07) is 14.8. The first kappa shape index (κ1) is 21.0. The number of anilines is 1. The Morgan fingerprint density at radius 2 is 1.83 bits per heavy atom. The van der Waals surface area contributed by atoms with Crippen LogP contribution in [-0.4, -0.2) is 23.0 Å². The average molecular weight is 475 g/mol. The molecule has 1 unspecified atom stereocenters. The Bertz CT molecular complexity index is 987. The van der Waals surface area contributed by atoms with E-state index in [1.54, 1.807) is 17.5 Å². The van der Waals surface area contributed by atoms with Gasteiger partial charge >= 0.3 is 5.97 Å². The molecule has 2 aromatic carbocycles. The first-order chi connectivity index (χ1) is 13.9. The van der Waals surface area contributed by atoms with Crippen LogP contribution in [0.2, 0.25) is 0 Å². The maximum absolute atomic E-state index is 12.3. The van der Waals surface area contributed by atoms with Crippen molar-refractivity contribution in [2.24, 2.45) is 0 Å². The minimum Gasteiger partial charge on any atom is -0.486 e. The van der Waals surface area contributed by atoms with Crippen molar-refractivity contribution in [1.82, 2.24) is 4.98 Å². The van der Waals surface area contributed by atoms with Crippen LogP contribution in [-0.2, 0) is 16.1 Å². The van der Waals surface area contributed by atoms with Gasteiger partial charge in [0, 0.05) is 15.5 Å². The summed E-state index contributed by atoms with van der Waals surface area (Å²) in [5, 5.41) is 4.93. The van der Waals surface area contributed by atoms with Crippen molar-refractivity contribution in [2.45, 2.75) is 26.6 Å². The maximum atomic E-state index is 12.3. The molecule has 0 spiro atoms. The molecule has 1 atom stereocenters. The van der Waals surface area contributed by atoms with Crippen molar-refractivity contribution >= 4 is 44.8 Å². The van der Waals surface area contributed by atoms with E-state index in [-0.39, 0.29) is 12.3 Å². The van der Waals surface area contributed by atoms with Gasteiger partial charge < -0.3 is 14.8 Å². The van der Waals surface area contributed by atoms with Crippen LogP contribution in [0.5, 0.6) is 5.75 Å². The molecule has 3 rings (SSSR count). The highest BCUT2D eigenvalue weighted by Gasteiger charge is 2.21. The summed E-state index contributed by atoms with van der Waals surface area (Å²) in [6.45, 7) is 3.77. The van der Waals surface area contributed by atoms with Gasteiger partial charge in [-0.3, -0.25) is 4.79 Å². The summed E-state index contributed by atoms with van der Waals surface area (Å²) >= 11 is 4.63. The second kappa shape index (κ2) is 9.67. The number of hydrogen-bond donors (Lipinski definition) is 1. The summed E-state index contributed by atoms with van der Waals surface area (Å²) in [6.07, 6.45) is -0.958. The molecule has 0 saturated carbocycles.